The highest BCUT2D eigenvalue weighted by Gasteiger charge is 2.29. The molecule has 0 saturated carbocycles. The minimum Gasteiger partial charge on any atom is -0.481 e. The second kappa shape index (κ2) is 4.45. The maximum Gasteiger partial charge on any atom is 0.303 e. The number of rotatable bonds is 3. The van der Waals surface area contributed by atoms with Gasteiger partial charge in [0.2, 0.25) is 0 Å². The molecule has 1 aromatic carbocycles. The SMILES string of the molecule is O=C(O)C[C@@H]1CNC[C@@H]1c1ccccc1. The molecule has 3 heteroatoms. The molecular formula is C12H15NO2. The highest BCUT2D eigenvalue weighted by Crippen LogP contribution is 2.29. The molecule has 0 radical (unpaired) electrons. The summed E-state index contributed by atoms with van der Waals surface area (Å²) in [6.07, 6.45) is 0.257. The summed E-state index contributed by atoms with van der Waals surface area (Å²) in [4.78, 5) is 10.7. The van der Waals surface area contributed by atoms with Gasteiger partial charge in [-0.25, -0.2) is 0 Å². The van der Waals surface area contributed by atoms with E-state index >= 15 is 0 Å². The van der Waals surface area contributed by atoms with Gasteiger partial charge in [-0.15, -0.1) is 0 Å². The lowest BCUT2D eigenvalue weighted by Gasteiger charge is -2.16. The molecule has 1 aromatic rings. The van der Waals surface area contributed by atoms with Crippen LogP contribution in [0.1, 0.15) is 17.9 Å². The topological polar surface area (TPSA) is 49.3 Å². The maximum atomic E-state index is 10.7. The number of benzene rings is 1. The molecule has 0 aliphatic carbocycles. The zero-order chi connectivity index (χ0) is 10.7. The van der Waals surface area contributed by atoms with E-state index in [1.807, 2.05) is 18.2 Å². The highest BCUT2D eigenvalue weighted by molar-refractivity contribution is 5.67. The van der Waals surface area contributed by atoms with Crippen LogP contribution in [0.2, 0.25) is 0 Å². The average Bonchev–Trinajstić information content (AvgIpc) is 2.66. The molecule has 0 amide bonds. The Morgan fingerprint density at radius 3 is 2.73 bits per heavy atom. The number of aliphatic carboxylic acids is 1. The lowest BCUT2D eigenvalue weighted by atomic mass is 9.87. The summed E-state index contributed by atoms with van der Waals surface area (Å²) in [5, 5.41) is 12.1. The summed E-state index contributed by atoms with van der Waals surface area (Å²) in [5.41, 5.74) is 1.24. The third kappa shape index (κ3) is 2.36. The molecule has 3 nitrogen and oxygen atoms in total. The van der Waals surface area contributed by atoms with E-state index in [9.17, 15) is 4.79 Å². The molecule has 0 bridgehead atoms. The first kappa shape index (κ1) is 10.2. The third-order valence-electron chi connectivity index (χ3n) is 3.00. The summed E-state index contributed by atoms with van der Waals surface area (Å²) in [6, 6.07) is 10.1. The number of hydrogen-bond acceptors (Lipinski definition) is 2. The summed E-state index contributed by atoms with van der Waals surface area (Å²) < 4.78 is 0. The van der Waals surface area contributed by atoms with E-state index in [0.29, 0.717) is 5.92 Å². The van der Waals surface area contributed by atoms with E-state index in [4.69, 9.17) is 5.11 Å². The van der Waals surface area contributed by atoms with Crippen molar-refractivity contribution >= 4 is 5.97 Å². The normalized spacial score (nSPS) is 25.3. The maximum absolute atomic E-state index is 10.7. The van der Waals surface area contributed by atoms with Gasteiger partial charge in [0.15, 0.2) is 0 Å². The molecule has 1 heterocycles. The number of carboxylic acids is 1. The van der Waals surface area contributed by atoms with Crippen molar-refractivity contribution in [3.05, 3.63) is 35.9 Å². The predicted molar refractivity (Wildman–Crippen MR) is 57.8 cm³/mol. The van der Waals surface area contributed by atoms with Gasteiger partial charge in [-0.2, -0.15) is 0 Å². The second-order valence-corrected chi connectivity index (χ2v) is 4.03. The molecule has 2 rings (SSSR count). The fourth-order valence-corrected chi connectivity index (χ4v) is 2.26. The van der Waals surface area contributed by atoms with Crippen molar-refractivity contribution in [1.29, 1.82) is 0 Å². The highest BCUT2D eigenvalue weighted by atomic mass is 16.4. The zero-order valence-corrected chi connectivity index (χ0v) is 8.52. The van der Waals surface area contributed by atoms with Gasteiger partial charge in [-0.3, -0.25) is 4.79 Å². The Balaban J connectivity index is 2.11. The van der Waals surface area contributed by atoms with E-state index in [1.165, 1.54) is 5.56 Å². The molecule has 2 N–H and O–H groups in total. The van der Waals surface area contributed by atoms with E-state index < -0.39 is 5.97 Å². The first-order valence-corrected chi connectivity index (χ1v) is 5.25. The number of carbonyl (C=O) groups is 1. The van der Waals surface area contributed by atoms with Crippen molar-refractivity contribution in [2.45, 2.75) is 12.3 Å². The Labute approximate surface area is 89.1 Å². The van der Waals surface area contributed by atoms with Crippen LogP contribution in [-0.4, -0.2) is 24.2 Å². The second-order valence-electron chi connectivity index (χ2n) is 4.03. The summed E-state index contributed by atoms with van der Waals surface area (Å²) in [5.74, 6) is -0.128. The fourth-order valence-electron chi connectivity index (χ4n) is 2.26. The Morgan fingerprint density at radius 1 is 1.33 bits per heavy atom. The molecule has 2 atom stereocenters. The quantitative estimate of drug-likeness (QED) is 0.785. The number of carboxylic acid groups (broad SMARTS) is 1. The average molecular weight is 205 g/mol. The molecule has 1 aliphatic rings. The monoisotopic (exact) mass is 205 g/mol. The molecule has 1 fully saturated rings. The standard InChI is InChI=1S/C12H15NO2/c14-12(15)6-10-7-13-8-11(10)9-4-2-1-3-5-9/h1-5,10-11,13H,6-8H2,(H,14,15)/t10-,11-/m1/s1. The third-order valence-corrected chi connectivity index (χ3v) is 3.00. The van der Waals surface area contributed by atoms with Crippen LogP contribution in [0.3, 0.4) is 0 Å². The van der Waals surface area contributed by atoms with Gasteiger partial charge >= 0.3 is 5.97 Å². The van der Waals surface area contributed by atoms with Gasteiger partial charge in [-0.1, -0.05) is 30.3 Å². The first-order valence-electron chi connectivity index (χ1n) is 5.25. The minimum atomic E-state index is -0.704. The molecule has 15 heavy (non-hydrogen) atoms. The molecule has 80 valence electrons. The van der Waals surface area contributed by atoms with E-state index in [1.54, 1.807) is 0 Å². The van der Waals surface area contributed by atoms with E-state index in [-0.39, 0.29) is 12.3 Å². The molecule has 1 aliphatic heterocycles. The van der Waals surface area contributed by atoms with Crippen molar-refractivity contribution in [2.75, 3.05) is 13.1 Å². The van der Waals surface area contributed by atoms with Gasteiger partial charge in [0.05, 0.1) is 0 Å². The largest absolute Gasteiger partial charge is 0.481 e. The van der Waals surface area contributed by atoms with Crippen LogP contribution in [0.15, 0.2) is 30.3 Å². The van der Waals surface area contributed by atoms with Crippen LogP contribution in [0.4, 0.5) is 0 Å². The predicted octanol–water partition coefficient (Wildman–Crippen LogP) is 1.46. The van der Waals surface area contributed by atoms with Crippen LogP contribution in [-0.2, 0) is 4.79 Å². The van der Waals surface area contributed by atoms with Crippen molar-refractivity contribution in [3.8, 4) is 0 Å². The molecule has 0 unspecified atom stereocenters. The van der Waals surface area contributed by atoms with Crippen molar-refractivity contribution in [2.24, 2.45) is 5.92 Å². The number of hydrogen-bond donors (Lipinski definition) is 2. The van der Waals surface area contributed by atoms with Crippen LogP contribution in [0.5, 0.6) is 0 Å². The Kier molecular flexibility index (Phi) is 3.02. The summed E-state index contributed by atoms with van der Waals surface area (Å²) in [6.45, 7) is 1.70. The van der Waals surface area contributed by atoms with Gasteiger partial charge < -0.3 is 10.4 Å². The fraction of sp³-hybridized carbons (Fsp3) is 0.417. The van der Waals surface area contributed by atoms with E-state index in [2.05, 4.69) is 17.4 Å². The van der Waals surface area contributed by atoms with Crippen LogP contribution >= 0.6 is 0 Å². The molecular weight excluding hydrogens is 190 g/mol. The van der Waals surface area contributed by atoms with Crippen molar-refractivity contribution in [3.63, 3.8) is 0 Å². The van der Waals surface area contributed by atoms with Crippen molar-refractivity contribution < 1.29 is 9.90 Å². The van der Waals surface area contributed by atoms with Gasteiger partial charge in [0.25, 0.3) is 0 Å². The molecule has 1 saturated heterocycles. The Bertz CT molecular complexity index is 337. The van der Waals surface area contributed by atoms with E-state index in [0.717, 1.165) is 13.1 Å². The van der Waals surface area contributed by atoms with Gasteiger partial charge in [0, 0.05) is 18.9 Å². The minimum absolute atomic E-state index is 0.227. The van der Waals surface area contributed by atoms with Gasteiger partial charge in [-0.05, 0) is 18.0 Å². The Hall–Kier alpha value is -1.35. The van der Waals surface area contributed by atoms with Crippen LogP contribution in [0.25, 0.3) is 0 Å². The lowest BCUT2D eigenvalue weighted by Crippen LogP contribution is -2.15. The Morgan fingerprint density at radius 2 is 2.07 bits per heavy atom. The van der Waals surface area contributed by atoms with Crippen LogP contribution < -0.4 is 5.32 Å². The van der Waals surface area contributed by atoms with Crippen LogP contribution in [0, 0.1) is 5.92 Å². The number of nitrogens with one attached hydrogen (secondary N) is 1. The summed E-state index contributed by atoms with van der Waals surface area (Å²) in [7, 11) is 0. The smallest absolute Gasteiger partial charge is 0.303 e. The summed E-state index contributed by atoms with van der Waals surface area (Å²) >= 11 is 0. The van der Waals surface area contributed by atoms with Crippen molar-refractivity contribution in [1.82, 2.24) is 5.32 Å². The van der Waals surface area contributed by atoms with Gasteiger partial charge in [0.1, 0.15) is 0 Å². The lowest BCUT2D eigenvalue weighted by molar-refractivity contribution is -0.138. The zero-order valence-electron chi connectivity index (χ0n) is 8.52. The molecule has 0 aromatic heterocycles. The first-order chi connectivity index (χ1) is 7.27. The molecule has 0 spiro atoms.